The summed E-state index contributed by atoms with van der Waals surface area (Å²) in [6.45, 7) is 5.38. The van der Waals surface area contributed by atoms with E-state index in [2.05, 4.69) is 10.3 Å². The van der Waals surface area contributed by atoms with Crippen LogP contribution in [0.1, 0.15) is 29.6 Å². The number of furan rings is 1. The lowest BCUT2D eigenvalue weighted by molar-refractivity contribution is -0.120. The number of hydrogen-bond acceptors (Lipinski definition) is 6. The summed E-state index contributed by atoms with van der Waals surface area (Å²) in [5.74, 6) is 1.69. The molecule has 0 aliphatic rings. The summed E-state index contributed by atoms with van der Waals surface area (Å²) in [6.07, 6.45) is 1.46. The summed E-state index contributed by atoms with van der Waals surface area (Å²) in [5, 5.41) is 22.1. The minimum Gasteiger partial charge on any atom is -0.466 e. The van der Waals surface area contributed by atoms with E-state index in [9.17, 15) is 9.90 Å². The highest BCUT2D eigenvalue weighted by Crippen LogP contribution is 2.26. The summed E-state index contributed by atoms with van der Waals surface area (Å²) in [6, 6.07) is 7.09. The first-order chi connectivity index (χ1) is 11.7. The highest BCUT2D eigenvalue weighted by Gasteiger charge is 2.28. The van der Waals surface area contributed by atoms with Gasteiger partial charge in [0, 0.05) is 18.8 Å². The van der Waals surface area contributed by atoms with Crippen molar-refractivity contribution in [1.82, 2.24) is 10.3 Å². The molecule has 0 aromatic carbocycles. The van der Waals surface area contributed by atoms with E-state index in [1.807, 2.05) is 13.0 Å². The summed E-state index contributed by atoms with van der Waals surface area (Å²) < 4.78 is 5.44. The van der Waals surface area contributed by atoms with Gasteiger partial charge in [0.25, 0.3) is 0 Å². The molecule has 7 nitrogen and oxygen atoms in total. The Hall–Kier alpha value is -2.85. The van der Waals surface area contributed by atoms with Crippen molar-refractivity contribution < 1.29 is 14.3 Å². The standard InChI is InChI=1S/C18H22N4O3/c1-12-7-15(13(2)25-12)18(3,24)11-21-17(23)10-22(4)16-6-5-14(8-19)9-20-16/h5-7,9,24H,10-11H2,1-4H3,(H,21,23)/t18-/m1/s1. The van der Waals surface area contributed by atoms with Gasteiger partial charge in [-0.1, -0.05) is 0 Å². The molecule has 0 fully saturated rings. The van der Waals surface area contributed by atoms with E-state index >= 15 is 0 Å². The second kappa shape index (κ2) is 7.36. The van der Waals surface area contributed by atoms with E-state index in [0.29, 0.717) is 28.5 Å². The number of hydrogen-bond donors (Lipinski definition) is 2. The van der Waals surface area contributed by atoms with Crippen molar-refractivity contribution in [3.8, 4) is 6.07 Å². The van der Waals surface area contributed by atoms with Crippen LogP contribution < -0.4 is 10.2 Å². The van der Waals surface area contributed by atoms with E-state index in [4.69, 9.17) is 9.68 Å². The number of nitrogens with one attached hydrogen (secondary N) is 1. The second-order valence-electron chi connectivity index (χ2n) is 6.25. The molecule has 2 heterocycles. The molecule has 132 valence electrons. The number of aliphatic hydroxyl groups is 1. The van der Waals surface area contributed by atoms with Crippen LogP contribution in [0.2, 0.25) is 0 Å². The van der Waals surface area contributed by atoms with Crippen molar-refractivity contribution in [3.63, 3.8) is 0 Å². The molecule has 0 unspecified atom stereocenters. The molecule has 1 atom stereocenters. The number of carbonyl (C=O) groups is 1. The van der Waals surface area contributed by atoms with E-state index in [0.717, 1.165) is 0 Å². The van der Waals surface area contributed by atoms with Gasteiger partial charge in [-0.25, -0.2) is 4.98 Å². The molecular weight excluding hydrogens is 320 g/mol. The average molecular weight is 342 g/mol. The zero-order valence-corrected chi connectivity index (χ0v) is 14.8. The predicted molar refractivity (Wildman–Crippen MR) is 93.0 cm³/mol. The van der Waals surface area contributed by atoms with Crippen molar-refractivity contribution in [2.45, 2.75) is 26.4 Å². The van der Waals surface area contributed by atoms with Gasteiger partial charge in [-0.15, -0.1) is 0 Å². The molecule has 0 spiro atoms. The summed E-state index contributed by atoms with van der Waals surface area (Å²) in [4.78, 5) is 18.0. The van der Waals surface area contributed by atoms with Crippen LogP contribution in [0.4, 0.5) is 5.82 Å². The zero-order valence-electron chi connectivity index (χ0n) is 14.8. The Morgan fingerprint density at radius 1 is 1.48 bits per heavy atom. The second-order valence-corrected chi connectivity index (χ2v) is 6.25. The molecule has 0 saturated heterocycles. The third-order valence-corrected chi connectivity index (χ3v) is 3.90. The Morgan fingerprint density at radius 3 is 2.72 bits per heavy atom. The highest BCUT2D eigenvalue weighted by molar-refractivity contribution is 5.81. The summed E-state index contributed by atoms with van der Waals surface area (Å²) in [5.41, 5.74) is -0.0983. The molecular formula is C18H22N4O3. The summed E-state index contributed by atoms with van der Waals surface area (Å²) in [7, 11) is 1.73. The van der Waals surface area contributed by atoms with E-state index < -0.39 is 5.60 Å². The SMILES string of the molecule is Cc1cc([C@](C)(O)CNC(=O)CN(C)c2ccc(C#N)cn2)c(C)o1. The molecule has 1 amide bonds. The molecule has 2 N–H and O–H groups in total. The van der Waals surface area contributed by atoms with Crippen LogP contribution in [0.5, 0.6) is 0 Å². The Kier molecular flexibility index (Phi) is 5.45. The van der Waals surface area contributed by atoms with Crippen LogP contribution >= 0.6 is 0 Å². The normalized spacial score (nSPS) is 13.0. The first-order valence-electron chi connectivity index (χ1n) is 7.87. The minimum atomic E-state index is -1.22. The molecule has 2 aromatic rings. The van der Waals surface area contributed by atoms with Crippen molar-refractivity contribution in [2.24, 2.45) is 0 Å². The number of carbonyl (C=O) groups excluding carboxylic acids is 1. The average Bonchev–Trinajstić information content (AvgIpc) is 2.92. The van der Waals surface area contributed by atoms with Gasteiger partial charge in [0.1, 0.15) is 29.0 Å². The number of rotatable bonds is 6. The van der Waals surface area contributed by atoms with Crippen LogP contribution in [0.3, 0.4) is 0 Å². The molecule has 0 radical (unpaired) electrons. The number of pyridine rings is 1. The topological polar surface area (TPSA) is 102 Å². The number of aromatic nitrogens is 1. The molecule has 25 heavy (non-hydrogen) atoms. The van der Waals surface area contributed by atoms with E-state index in [1.54, 1.807) is 44.0 Å². The van der Waals surface area contributed by atoms with Crippen molar-refractivity contribution in [2.75, 3.05) is 25.0 Å². The maximum absolute atomic E-state index is 12.2. The quantitative estimate of drug-likeness (QED) is 0.827. The minimum absolute atomic E-state index is 0.0697. The lowest BCUT2D eigenvalue weighted by atomic mass is 9.96. The molecule has 2 aromatic heterocycles. The maximum atomic E-state index is 12.2. The number of aryl methyl sites for hydroxylation is 2. The van der Waals surface area contributed by atoms with Gasteiger partial charge in [-0.3, -0.25) is 4.79 Å². The Morgan fingerprint density at radius 2 is 2.20 bits per heavy atom. The number of likely N-dealkylation sites (N-methyl/N-ethyl adjacent to an activating group) is 1. The molecule has 2 rings (SSSR count). The third kappa shape index (κ3) is 4.58. The number of amides is 1. The Bertz CT molecular complexity index is 788. The van der Waals surface area contributed by atoms with Gasteiger partial charge in [0.05, 0.1) is 18.7 Å². The van der Waals surface area contributed by atoms with Crippen LogP contribution in [0.15, 0.2) is 28.8 Å². The van der Waals surface area contributed by atoms with Gasteiger partial charge in [0.15, 0.2) is 0 Å². The fourth-order valence-corrected chi connectivity index (χ4v) is 2.56. The van der Waals surface area contributed by atoms with Gasteiger partial charge < -0.3 is 19.7 Å². The lowest BCUT2D eigenvalue weighted by Gasteiger charge is -2.24. The lowest BCUT2D eigenvalue weighted by Crippen LogP contribution is -2.42. The number of nitrogens with zero attached hydrogens (tertiary/aromatic N) is 3. The van der Waals surface area contributed by atoms with Crippen LogP contribution in [-0.4, -0.2) is 36.1 Å². The number of nitriles is 1. The molecule has 0 aliphatic carbocycles. The van der Waals surface area contributed by atoms with Gasteiger partial charge >= 0.3 is 0 Å². The first-order valence-corrected chi connectivity index (χ1v) is 7.87. The van der Waals surface area contributed by atoms with Gasteiger partial charge in [-0.05, 0) is 39.0 Å². The fraction of sp³-hybridized carbons (Fsp3) is 0.389. The molecule has 0 saturated carbocycles. The third-order valence-electron chi connectivity index (χ3n) is 3.90. The number of anilines is 1. The Labute approximate surface area is 146 Å². The van der Waals surface area contributed by atoms with Crippen LogP contribution in [0, 0.1) is 25.2 Å². The maximum Gasteiger partial charge on any atom is 0.239 e. The van der Waals surface area contributed by atoms with Crippen LogP contribution in [0.25, 0.3) is 0 Å². The molecule has 0 bridgehead atoms. The summed E-state index contributed by atoms with van der Waals surface area (Å²) >= 11 is 0. The monoisotopic (exact) mass is 342 g/mol. The highest BCUT2D eigenvalue weighted by atomic mass is 16.3. The smallest absolute Gasteiger partial charge is 0.239 e. The zero-order chi connectivity index (χ0) is 18.6. The van der Waals surface area contributed by atoms with Gasteiger partial charge in [-0.2, -0.15) is 5.26 Å². The predicted octanol–water partition coefficient (Wildman–Crippen LogP) is 1.62. The Balaban J connectivity index is 1.93. The largest absolute Gasteiger partial charge is 0.466 e. The van der Waals surface area contributed by atoms with Crippen molar-refractivity contribution >= 4 is 11.7 Å². The van der Waals surface area contributed by atoms with Crippen LogP contribution in [-0.2, 0) is 10.4 Å². The fourth-order valence-electron chi connectivity index (χ4n) is 2.56. The molecule has 7 heteroatoms. The van der Waals surface area contributed by atoms with Crippen molar-refractivity contribution in [3.05, 3.63) is 47.0 Å². The first kappa shape index (κ1) is 18.5. The molecule has 0 aliphatic heterocycles. The van der Waals surface area contributed by atoms with E-state index in [1.165, 1.54) is 6.20 Å². The van der Waals surface area contributed by atoms with E-state index in [-0.39, 0.29) is 19.0 Å². The van der Waals surface area contributed by atoms with Crippen molar-refractivity contribution in [1.29, 1.82) is 5.26 Å². The van der Waals surface area contributed by atoms with Gasteiger partial charge in [0.2, 0.25) is 5.91 Å².